The number of benzene rings is 4. The van der Waals surface area contributed by atoms with Gasteiger partial charge in [0.2, 0.25) is 0 Å². The van der Waals surface area contributed by atoms with E-state index in [2.05, 4.69) is 0 Å². The molecule has 0 N–H and O–H groups in total. The van der Waals surface area contributed by atoms with Crippen LogP contribution in [0.5, 0.6) is 23.0 Å². The number of rotatable bonds is 3. The van der Waals surface area contributed by atoms with E-state index in [1.54, 1.807) is 6.07 Å². The van der Waals surface area contributed by atoms with Gasteiger partial charge in [0.1, 0.15) is 28.6 Å². The predicted molar refractivity (Wildman–Crippen MR) is 123 cm³/mol. The average Bonchev–Trinajstić information content (AvgIpc) is 2.84. The molecule has 4 nitrogen and oxygen atoms in total. The zero-order valence-electron chi connectivity index (χ0n) is 17.0. The van der Waals surface area contributed by atoms with Crippen LogP contribution in [0, 0.1) is 0 Å². The maximum Gasteiger partial charge on any atom is 0.344 e. The van der Waals surface area contributed by atoms with Crippen molar-refractivity contribution in [3.8, 4) is 23.0 Å². The van der Waals surface area contributed by atoms with Crippen LogP contribution >= 0.6 is 0 Å². The van der Waals surface area contributed by atoms with Crippen LogP contribution < -0.4 is 15.1 Å². The summed E-state index contributed by atoms with van der Waals surface area (Å²) in [5.74, 6) is 2.50. The third-order valence-electron chi connectivity index (χ3n) is 5.72. The summed E-state index contributed by atoms with van der Waals surface area (Å²) in [7, 11) is 0. The van der Waals surface area contributed by atoms with Gasteiger partial charge in [0, 0.05) is 11.5 Å². The smallest absolute Gasteiger partial charge is 0.344 e. The Morgan fingerprint density at radius 3 is 2.22 bits per heavy atom. The molecule has 32 heavy (non-hydrogen) atoms. The van der Waals surface area contributed by atoms with Gasteiger partial charge in [-0.15, -0.1) is 0 Å². The maximum atomic E-state index is 13.1. The zero-order chi connectivity index (χ0) is 21.5. The number of ether oxygens (including phenoxy) is 2. The summed E-state index contributed by atoms with van der Waals surface area (Å²) in [6.07, 6.45) is 0. The van der Waals surface area contributed by atoms with Crippen LogP contribution in [0.1, 0.15) is 22.6 Å². The van der Waals surface area contributed by atoms with Crippen molar-refractivity contribution in [3.05, 3.63) is 130 Å². The lowest BCUT2D eigenvalue weighted by Gasteiger charge is -2.28. The molecular formula is C28H18O4. The lowest BCUT2D eigenvalue weighted by molar-refractivity contribution is 0.439. The van der Waals surface area contributed by atoms with Gasteiger partial charge in [-0.2, -0.15) is 0 Å². The summed E-state index contributed by atoms with van der Waals surface area (Å²) >= 11 is 0. The van der Waals surface area contributed by atoms with Crippen LogP contribution in [-0.2, 0) is 0 Å². The molecule has 1 atom stereocenters. The Balaban J connectivity index is 1.49. The Morgan fingerprint density at radius 2 is 1.38 bits per heavy atom. The molecule has 5 aromatic rings. The van der Waals surface area contributed by atoms with Gasteiger partial charge in [-0.3, -0.25) is 0 Å². The van der Waals surface area contributed by atoms with Crippen molar-refractivity contribution in [2.75, 3.05) is 0 Å². The van der Waals surface area contributed by atoms with Gasteiger partial charge in [0.25, 0.3) is 0 Å². The molecule has 0 fully saturated rings. The highest BCUT2D eigenvalue weighted by Gasteiger charge is 2.33. The predicted octanol–water partition coefficient (Wildman–Crippen LogP) is 6.87. The number of fused-ring (bicyclic) bond motifs is 4. The van der Waals surface area contributed by atoms with Crippen LogP contribution in [0.25, 0.3) is 11.0 Å². The highest BCUT2D eigenvalue weighted by Crippen LogP contribution is 2.48. The van der Waals surface area contributed by atoms with E-state index in [9.17, 15) is 4.79 Å². The molecule has 1 aromatic heterocycles. The van der Waals surface area contributed by atoms with E-state index in [0.717, 1.165) is 33.8 Å². The quantitative estimate of drug-likeness (QED) is 0.294. The third-order valence-corrected chi connectivity index (χ3v) is 5.72. The van der Waals surface area contributed by atoms with Crippen molar-refractivity contribution in [1.82, 2.24) is 0 Å². The Bertz CT molecular complexity index is 1480. The highest BCUT2D eigenvalue weighted by atomic mass is 16.5. The third kappa shape index (κ3) is 3.05. The first-order valence-electron chi connectivity index (χ1n) is 10.4. The molecule has 0 spiro atoms. The SMILES string of the molecule is O=c1oc2ccccc2c2c1C(c1ccc(Oc3ccccc3)cc1)c1ccccc1O2. The molecular weight excluding hydrogens is 400 g/mol. The van der Waals surface area contributed by atoms with Crippen molar-refractivity contribution < 1.29 is 13.9 Å². The van der Waals surface area contributed by atoms with E-state index in [4.69, 9.17) is 13.9 Å². The summed E-state index contributed by atoms with van der Waals surface area (Å²) in [5, 5.41) is 0.783. The second kappa shape index (κ2) is 7.43. The van der Waals surface area contributed by atoms with Gasteiger partial charge in [-0.1, -0.05) is 60.7 Å². The van der Waals surface area contributed by atoms with Gasteiger partial charge < -0.3 is 13.9 Å². The molecule has 0 saturated carbocycles. The summed E-state index contributed by atoms with van der Waals surface area (Å²) in [4.78, 5) is 13.1. The molecule has 0 radical (unpaired) electrons. The first-order chi connectivity index (χ1) is 15.8. The molecule has 4 heteroatoms. The number of para-hydroxylation sites is 3. The molecule has 4 aromatic carbocycles. The van der Waals surface area contributed by atoms with Crippen molar-refractivity contribution in [3.63, 3.8) is 0 Å². The summed E-state index contributed by atoms with van der Waals surface area (Å²) in [5.41, 5.74) is 2.53. The normalized spacial score (nSPS) is 14.3. The highest BCUT2D eigenvalue weighted by molar-refractivity contribution is 5.86. The Morgan fingerprint density at radius 1 is 0.688 bits per heavy atom. The first kappa shape index (κ1) is 18.5. The Kier molecular flexibility index (Phi) is 4.29. The summed E-state index contributed by atoms with van der Waals surface area (Å²) in [6.45, 7) is 0. The number of hydrogen-bond donors (Lipinski definition) is 0. The van der Waals surface area contributed by atoms with E-state index in [1.807, 2.05) is 97.1 Å². The van der Waals surface area contributed by atoms with Crippen LogP contribution in [-0.4, -0.2) is 0 Å². The maximum absolute atomic E-state index is 13.1. The summed E-state index contributed by atoms with van der Waals surface area (Å²) in [6, 6.07) is 32.7. The van der Waals surface area contributed by atoms with Gasteiger partial charge in [0.05, 0.1) is 10.9 Å². The molecule has 2 heterocycles. The van der Waals surface area contributed by atoms with Crippen LogP contribution in [0.4, 0.5) is 0 Å². The van der Waals surface area contributed by atoms with E-state index in [1.165, 1.54) is 0 Å². The fraction of sp³-hybridized carbons (Fsp3) is 0.0357. The van der Waals surface area contributed by atoms with E-state index < -0.39 is 0 Å². The van der Waals surface area contributed by atoms with Crippen molar-refractivity contribution in [1.29, 1.82) is 0 Å². The molecule has 1 aliphatic rings. The average molecular weight is 418 g/mol. The Hall–Kier alpha value is -4.31. The minimum Gasteiger partial charge on any atom is -0.457 e. The van der Waals surface area contributed by atoms with E-state index >= 15 is 0 Å². The molecule has 0 amide bonds. The second-order valence-electron chi connectivity index (χ2n) is 7.69. The topological polar surface area (TPSA) is 48.7 Å². The summed E-state index contributed by atoms with van der Waals surface area (Å²) < 4.78 is 17.8. The lowest BCUT2D eigenvalue weighted by atomic mass is 9.83. The molecule has 0 bridgehead atoms. The first-order valence-corrected chi connectivity index (χ1v) is 10.4. The molecule has 1 aliphatic heterocycles. The Labute approximate surface area is 184 Å². The fourth-order valence-electron chi connectivity index (χ4n) is 4.27. The molecule has 0 aliphatic carbocycles. The molecule has 1 unspecified atom stereocenters. The van der Waals surface area contributed by atoms with Crippen LogP contribution in [0.2, 0.25) is 0 Å². The standard InChI is InChI=1S/C28H18O4/c29-28-26-25(18-14-16-20(17-15-18)30-19-8-2-1-3-9-19)21-10-4-6-12-23(21)31-27(26)22-11-5-7-13-24(22)32-28/h1-17,25H. The van der Waals surface area contributed by atoms with Gasteiger partial charge >= 0.3 is 5.63 Å². The monoisotopic (exact) mass is 418 g/mol. The molecule has 6 rings (SSSR count). The van der Waals surface area contributed by atoms with Gasteiger partial charge in [-0.05, 0) is 48.0 Å². The van der Waals surface area contributed by atoms with Crippen LogP contribution in [0.3, 0.4) is 0 Å². The fourth-order valence-corrected chi connectivity index (χ4v) is 4.27. The van der Waals surface area contributed by atoms with Crippen molar-refractivity contribution >= 4 is 11.0 Å². The zero-order valence-corrected chi connectivity index (χ0v) is 17.0. The minimum atomic E-state index is -0.386. The van der Waals surface area contributed by atoms with Crippen molar-refractivity contribution in [2.24, 2.45) is 0 Å². The van der Waals surface area contributed by atoms with Crippen LogP contribution in [0.15, 0.2) is 112 Å². The van der Waals surface area contributed by atoms with Gasteiger partial charge in [-0.25, -0.2) is 4.79 Å². The number of hydrogen-bond acceptors (Lipinski definition) is 4. The van der Waals surface area contributed by atoms with Gasteiger partial charge in [0.15, 0.2) is 0 Å². The largest absolute Gasteiger partial charge is 0.457 e. The molecule has 0 saturated heterocycles. The van der Waals surface area contributed by atoms with E-state index in [-0.39, 0.29) is 11.5 Å². The minimum absolute atomic E-state index is 0.304. The second-order valence-corrected chi connectivity index (χ2v) is 7.69. The lowest BCUT2D eigenvalue weighted by Crippen LogP contribution is -2.20. The van der Waals surface area contributed by atoms with E-state index in [0.29, 0.717) is 16.9 Å². The van der Waals surface area contributed by atoms with Crippen molar-refractivity contribution in [2.45, 2.75) is 5.92 Å². The molecule has 154 valence electrons.